The number of hydrogen-bond acceptors (Lipinski definition) is 9. The van der Waals surface area contributed by atoms with E-state index in [1.807, 2.05) is 36.4 Å². The standard InChI is InChI=1S/C28H21NO8/c1-35-18-6-3-16(4-7-18)20-8-2-15(13-29-20)14-36-19-11-23(32)25-24(12-19)37-28(27(34)26(25)33)17-5-9-21(30)22(31)10-17/h2-13,30-32,34H,14H2,1H3. The van der Waals surface area contributed by atoms with E-state index in [9.17, 15) is 25.2 Å². The van der Waals surface area contributed by atoms with Gasteiger partial charge in [0.05, 0.1) is 12.8 Å². The Hall–Kier alpha value is -5.18. The number of aromatic nitrogens is 1. The van der Waals surface area contributed by atoms with E-state index in [-0.39, 0.29) is 40.4 Å². The van der Waals surface area contributed by atoms with Crippen molar-refractivity contribution in [1.82, 2.24) is 4.98 Å². The monoisotopic (exact) mass is 499 g/mol. The van der Waals surface area contributed by atoms with Gasteiger partial charge in [0, 0.05) is 35.0 Å². The molecule has 9 heteroatoms. The molecule has 0 saturated carbocycles. The summed E-state index contributed by atoms with van der Waals surface area (Å²) in [6.45, 7) is 0.127. The first-order valence-electron chi connectivity index (χ1n) is 11.1. The zero-order valence-electron chi connectivity index (χ0n) is 19.5. The van der Waals surface area contributed by atoms with Gasteiger partial charge in [-0.15, -0.1) is 0 Å². The average Bonchev–Trinajstić information content (AvgIpc) is 2.91. The Labute approximate surface area is 210 Å². The van der Waals surface area contributed by atoms with Crippen LogP contribution in [0.2, 0.25) is 0 Å². The summed E-state index contributed by atoms with van der Waals surface area (Å²) < 4.78 is 16.7. The third-order valence-electron chi connectivity index (χ3n) is 5.78. The number of aromatic hydroxyl groups is 4. The quantitative estimate of drug-likeness (QED) is 0.239. The largest absolute Gasteiger partial charge is 0.507 e. The van der Waals surface area contributed by atoms with Gasteiger partial charge in [-0.2, -0.15) is 0 Å². The van der Waals surface area contributed by atoms with E-state index in [0.717, 1.165) is 28.6 Å². The summed E-state index contributed by atoms with van der Waals surface area (Å²) in [6, 6.07) is 17.6. The number of pyridine rings is 1. The zero-order chi connectivity index (χ0) is 26.1. The van der Waals surface area contributed by atoms with Gasteiger partial charge in [0.2, 0.25) is 11.2 Å². The number of fused-ring (bicyclic) bond motifs is 1. The van der Waals surface area contributed by atoms with Gasteiger partial charge in [-0.05, 0) is 48.5 Å². The first-order valence-corrected chi connectivity index (χ1v) is 11.1. The molecule has 9 nitrogen and oxygen atoms in total. The predicted octanol–water partition coefficient (Wildman–Crippen LogP) is 4.93. The summed E-state index contributed by atoms with van der Waals surface area (Å²) >= 11 is 0. The average molecular weight is 499 g/mol. The second-order valence-electron chi connectivity index (χ2n) is 8.20. The van der Waals surface area contributed by atoms with Crippen molar-refractivity contribution in [2.45, 2.75) is 6.61 Å². The van der Waals surface area contributed by atoms with Gasteiger partial charge in [-0.3, -0.25) is 9.78 Å². The molecule has 0 spiro atoms. The van der Waals surface area contributed by atoms with Crippen LogP contribution in [0.25, 0.3) is 33.6 Å². The molecule has 0 aliphatic rings. The van der Waals surface area contributed by atoms with Crippen LogP contribution in [-0.4, -0.2) is 32.5 Å². The summed E-state index contributed by atoms with van der Waals surface area (Å²) in [4.78, 5) is 17.2. The topological polar surface area (TPSA) is 142 Å². The second kappa shape index (κ2) is 9.46. The molecule has 2 heterocycles. The molecule has 0 bridgehead atoms. The number of rotatable bonds is 6. The molecule has 0 fully saturated rings. The highest BCUT2D eigenvalue weighted by atomic mass is 16.5. The molecule has 0 unspecified atom stereocenters. The van der Waals surface area contributed by atoms with Gasteiger partial charge in [-0.25, -0.2) is 0 Å². The van der Waals surface area contributed by atoms with Crippen molar-refractivity contribution in [3.8, 4) is 57.1 Å². The Morgan fingerprint density at radius 2 is 1.57 bits per heavy atom. The van der Waals surface area contributed by atoms with Crippen LogP contribution in [0, 0.1) is 0 Å². The van der Waals surface area contributed by atoms with Gasteiger partial charge in [0.15, 0.2) is 17.3 Å². The second-order valence-corrected chi connectivity index (χ2v) is 8.20. The van der Waals surface area contributed by atoms with Crippen molar-refractivity contribution < 1.29 is 34.3 Å². The van der Waals surface area contributed by atoms with Crippen LogP contribution in [0.4, 0.5) is 0 Å². The van der Waals surface area contributed by atoms with Gasteiger partial charge in [-0.1, -0.05) is 6.07 Å². The number of phenolic OH excluding ortho intramolecular Hbond substituents is 3. The molecular formula is C28H21NO8. The van der Waals surface area contributed by atoms with Crippen molar-refractivity contribution in [1.29, 1.82) is 0 Å². The van der Waals surface area contributed by atoms with E-state index in [1.165, 1.54) is 24.3 Å². The van der Waals surface area contributed by atoms with Crippen LogP contribution in [-0.2, 0) is 6.61 Å². The van der Waals surface area contributed by atoms with E-state index in [4.69, 9.17) is 13.9 Å². The normalized spacial score (nSPS) is 10.9. The first-order chi connectivity index (χ1) is 17.8. The van der Waals surface area contributed by atoms with E-state index in [1.54, 1.807) is 13.3 Å². The predicted molar refractivity (Wildman–Crippen MR) is 135 cm³/mol. The van der Waals surface area contributed by atoms with Crippen LogP contribution in [0.1, 0.15) is 5.56 Å². The Morgan fingerprint density at radius 1 is 0.811 bits per heavy atom. The summed E-state index contributed by atoms with van der Waals surface area (Å²) in [7, 11) is 1.61. The van der Waals surface area contributed by atoms with Gasteiger partial charge >= 0.3 is 0 Å². The summed E-state index contributed by atoms with van der Waals surface area (Å²) in [5, 5.41) is 39.9. The molecule has 0 atom stereocenters. The van der Waals surface area contributed by atoms with Crippen molar-refractivity contribution in [3.63, 3.8) is 0 Å². The van der Waals surface area contributed by atoms with Crippen molar-refractivity contribution in [3.05, 3.63) is 88.7 Å². The molecular weight excluding hydrogens is 478 g/mol. The number of phenols is 3. The van der Waals surface area contributed by atoms with Crippen molar-refractivity contribution in [2.75, 3.05) is 7.11 Å². The van der Waals surface area contributed by atoms with Crippen molar-refractivity contribution in [2.24, 2.45) is 0 Å². The van der Waals surface area contributed by atoms with Crippen molar-refractivity contribution >= 4 is 11.0 Å². The zero-order valence-corrected chi connectivity index (χ0v) is 19.5. The molecule has 0 aliphatic heterocycles. The Kier molecular flexibility index (Phi) is 6.02. The van der Waals surface area contributed by atoms with E-state index in [0.29, 0.717) is 0 Å². The molecule has 5 rings (SSSR count). The molecule has 0 radical (unpaired) electrons. The Bertz CT molecular complexity index is 1660. The number of hydrogen-bond donors (Lipinski definition) is 4. The maximum absolute atomic E-state index is 12.7. The fraction of sp³-hybridized carbons (Fsp3) is 0.0714. The number of ether oxygens (including phenoxy) is 2. The summed E-state index contributed by atoms with van der Waals surface area (Å²) in [6.07, 6.45) is 1.67. The highest BCUT2D eigenvalue weighted by Gasteiger charge is 2.20. The minimum Gasteiger partial charge on any atom is -0.507 e. The number of nitrogens with zero attached hydrogens (tertiary/aromatic N) is 1. The molecule has 186 valence electrons. The number of methoxy groups -OCH3 is 1. The molecule has 0 aliphatic carbocycles. The van der Waals surface area contributed by atoms with Crippen LogP contribution in [0.15, 0.2) is 82.1 Å². The SMILES string of the molecule is COc1ccc(-c2ccc(COc3cc(O)c4c(=O)c(O)c(-c5ccc(O)c(O)c5)oc4c3)cn2)cc1. The maximum atomic E-state index is 12.7. The molecule has 2 aromatic heterocycles. The molecule has 3 aromatic carbocycles. The lowest BCUT2D eigenvalue weighted by Gasteiger charge is -2.11. The van der Waals surface area contributed by atoms with Gasteiger partial charge in [0.1, 0.15) is 34.8 Å². The van der Waals surface area contributed by atoms with Crippen LogP contribution >= 0.6 is 0 Å². The van der Waals surface area contributed by atoms with Gasteiger partial charge in [0.25, 0.3) is 0 Å². The third-order valence-corrected chi connectivity index (χ3v) is 5.78. The summed E-state index contributed by atoms with van der Waals surface area (Å²) in [5.41, 5.74) is 1.75. The van der Waals surface area contributed by atoms with Crippen LogP contribution < -0.4 is 14.9 Å². The molecule has 4 N–H and O–H groups in total. The third kappa shape index (κ3) is 4.57. The first kappa shape index (κ1) is 23.6. The highest BCUT2D eigenvalue weighted by molar-refractivity contribution is 5.88. The molecule has 5 aromatic rings. The minimum atomic E-state index is -0.855. The number of benzene rings is 3. The van der Waals surface area contributed by atoms with E-state index in [2.05, 4.69) is 4.98 Å². The van der Waals surface area contributed by atoms with E-state index >= 15 is 0 Å². The lowest BCUT2D eigenvalue weighted by Crippen LogP contribution is -2.04. The maximum Gasteiger partial charge on any atom is 0.238 e. The lowest BCUT2D eigenvalue weighted by molar-refractivity contribution is 0.304. The van der Waals surface area contributed by atoms with Crippen LogP contribution in [0.5, 0.6) is 34.5 Å². The Morgan fingerprint density at radius 3 is 2.24 bits per heavy atom. The fourth-order valence-corrected chi connectivity index (χ4v) is 3.82. The molecule has 37 heavy (non-hydrogen) atoms. The Balaban J connectivity index is 1.41. The molecule has 0 amide bonds. The fourth-order valence-electron chi connectivity index (χ4n) is 3.82. The van der Waals surface area contributed by atoms with E-state index < -0.39 is 22.7 Å². The minimum absolute atomic E-state index is 0.0339. The molecule has 0 saturated heterocycles. The van der Waals surface area contributed by atoms with Crippen LogP contribution in [0.3, 0.4) is 0 Å². The lowest BCUT2D eigenvalue weighted by atomic mass is 10.1. The smallest absolute Gasteiger partial charge is 0.238 e. The summed E-state index contributed by atoms with van der Waals surface area (Å²) in [5.74, 6) is -1.25. The highest BCUT2D eigenvalue weighted by Crippen LogP contribution is 2.38. The van der Waals surface area contributed by atoms with Gasteiger partial charge < -0.3 is 34.3 Å².